The standard InChI is InChI=1S/C16H28N4O/c1-3-20-12-14(17)9-15(20)16(21)18-10-13(2)11-19-7-5-4-6-8-19/h9,12-13H,3-8,10-11,17H2,1-2H3,(H,18,21). The van der Waals surface area contributed by atoms with E-state index in [9.17, 15) is 4.79 Å². The van der Waals surface area contributed by atoms with Gasteiger partial charge in [0.2, 0.25) is 0 Å². The summed E-state index contributed by atoms with van der Waals surface area (Å²) in [6.45, 7) is 9.14. The van der Waals surface area contributed by atoms with Crippen molar-refractivity contribution in [1.29, 1.82) is 0 Å². The number of nitrogen functional groups attached to an aromatic ring is 1. The summed E-state index contributed by atoms with van der Waals surface area (Å²) in [7, 11) is 0. The zero-order valence-corrected chi connectivity index (χ0v) is 13.3. The molecule has 5 nitrogen and oxygen atoms in total. The zero-order chi connectivity index (χ0) is 15.2. The fraction of sp³-hybridized carbons (Fsp3) is 0.688. The van der Waals surface area contributed by atoms with Crippen LogP contribution >= 0.6 is 0 Å². The first-order chi connectivity index (χ1) is 10.1. The largest absolute Gasteiger partial charge is 0.397 e. The molecule has 21 heavy (non-hydrogen) atoms. The van der Waals surface area contributed by atoms with Crippen molar-refractivity contribution in [1.82, 2.24) is 14.8 Å². The molecule has 0 spiro atoms. The first-order valence-corrected chi connectivity index (χ1v) is 8.06. The van der Waals surface area contributed by atoms with Crippen LogP contribution in [-0.4, -0.2) is 41.6 Å². The fourth-order valence-electron chi connectivity index (χ4n) is 2.99. The number of nitrogens with zero attached hydrogens (tertiary/aromatic N) is 2. The molecule has 2 heterocycles. The monoisotopic (exact) mass is 292 g/mol. The number of amides is 1. The van der Waals surface area contributed by atoms with Crippen LogP contribution in [0.15, 0.2) is 12.3 Å². The molecule has 1 fully saturated rings. The highest BCUT2D eigenvalue weighted by molar-refractivity contribution is 5.93. The summed E-state index contributed by atoms with van der Waals surface area (Å²) in [5.74, 6) is 0.438. The summed E-state index contributed by atoms with van der Waals surface area (Å²) in [4.78, 5) is 14.7. The molecule has 1 aromatic heterocycles. The second-order valence-corrected chi connectivity index (χ2v) is 6.12. The molecule has 0 saturated carbocycles. The summed E-state index contributed by atoms with van der Waals surface area (Å²) in [6.07, 6.45) is 5.79. The fourth-order valence-corrected chi connectivity index (χ4v) is 2.99. The van der Waals surface area contributed by atoms with E-state index >= 15 is 0 Å². The van der Waals surface area contributed by atoms with E-state index in [2.05, 4.69) is 17.1 Å². The van der Waals surface area contributed by atoms with Crippen molar-refractivity contribution in [2.24, 2.45) is 5.92 Å². The number of hydrogen-bond acceptors (Lipinski definition) is 3. The number of carbonyl (C=O) groups is 1. The lowest BCUT2D eigenvalue weighted by Crippen LogP contribution is -2.38. The molecular weight excluding hydrogens is 264 g/mol. The van der Waals surface area contributed by atoms with Gasteiger partial charge in [-0.3, -0.25) is 4.79 Å². The molecule has 3 N–H and O–H groups in total. The summed E-state index contributed by atoms with van der Waals surface area (Å²) < 4.78 is 1.89. The van der Waals surface area contributed by atoms with Gasteiger partial charge in [0.15, 0.2) is 0 Å². The van der Waals surface area contributed by atoms with Gasteiger partial charge in [-0.05, 0) is 44.8 Å². The molecular formula is C16H28N4O. The number of nitrogens with one attached hydrogen (secondary N) is 1. The Kier molecular flexibility index (Phi) is 5.67. The van der Waals surface area contributed by atoms with Crippen LogP contribution in [0.5, 0.6) is 0 Å². The van der Waals surface area contributed by atoms with Crippen molar-refractivity contribution in [3.8, 4) is 0 Å². The van der Waals surface area contributed by atoms with Gasteiger partial charge in [-0.25, -0.2) is 0 Å². The van der Waals surface area contributed by atoms with E-state index in [4.69, 9.17) is 5.73 Å². The highest BCUT2D eigenvalue weighted by Crippen LogP contribution is 2.12. The van der Waals surface area contributed by atoms with Crippen molar-refractivity contribution in [3.05, 3.63) is 18.0 Å². The molecule has 1 aromatic rings. The number of piperidine rings is 1. The van der Waals surface area contributed by atoms with Crippen LogP contribution in [-0.2, 0) is 6.54 Å². The van der Waals surface area contributed by atoms with Gasteiger partial charge < -0.3 is 20.5 Å². The van der Waals surface area contributed by atoms with Gasteiger partial charge in [-0.15, -0.1) is 0 Å². The van der Waals surface area contributed by atoms with E-state index in [-0.39, 0.29) is 5.91 Å². The lowest BCUT2D eigenvalue weighted by Gasteiger charge is -2.29. The third-order valence-corrected chi connectivity index (χ3v) is 4.12. The topological polar surface area (TPSA) is 63.3 Å². The molecule has 1 saturated heterocycles. The second-order valence-electron chi connectivity index (χ2n) is 6.12. The number of carbonyl (C=O) groups excluding carboxylic acids is 1. The molecule has 2 rings (SSSR count). The zero-order valence-electron chi connectivity index (χ0n) is 13.3. The predicted octanol–water partition coefficient (Wildman–Crippen LogP) is 1.94. The molecule has 0 aromatic carbocycles. The first kappa shape index (κ1) is 15.9. The van der Waals surface area contributed by atoms with Crippen molar-refractivity contribution in [2.75, 3.05) is 31.9 Å². The van der Waals surface area contributed by atoms with Crippen LogP contribution in [0.4, 0.5) is 5.69 Å². The van der Waals surface area contributed by atoms with Gasteiger partial charge >= 0.3 is 0 Å². The minimum atomic E-state index is -0.0287. The maximum absolute atomic E-state index is 12.2. The molecule has 1 unspecified atom stereocenters. The van der Waals surface area contributed by atoms with E-state index in [1.54, 1.807) is 6.07 Å². The molecule has 0 bridgehead atoms. The maximum Gasteiger partial charge on any atom is 0.267 e. The molecule has 0 radical (unpaired) electrons. The number of aryl methyl sites for hydroxylation is 1. The molecule has 1 aliphatic rings. The van der Waals surface area contributed by atoms with Crippen molar-refractivity contribution in [3.63, 3.8) is 0 Å². The number of anilines is 1. The normalized spacial score (nSPS) is 17.6. The number of rotatable bonds is 6. The summed E-state index contributed by atoms with van der Waals surface area (Å²) in [5, 5.41) is 3.03. The van der Waals surface area contributed by atoms with Gasteiger partial charge in [0.1, 0.15) is 5.69 Å². The average molecular weight is 292 g/mol. The van der Waals surface area contributed by atoms with Crippen LogP contribution in [0.1, 0.15) is 43.6 Å². The summed E-state index contributed by atoms with van der Waals surface area (Å²) >= 11 is 0. The number of hydrogen-bond donors (Lipinski definition) is 2. The highest BCUT2D eigenvalue weighted by Gasteiger charge is 2.16. The van der Waals surface area contributed by atoms with Crippen LogP contribution in [0, 0.1) is 5.92 Å². The summed E-state index contributed by atoms with van der Waals surface area (Å²) in [5.41, 5.74) is 7.06. The molecule has 118 valence electrons. The number of likely N-dealkylation sites (tertiary alicyclic amines) is 1. The maximum atomic E-state index is 12.2. The molecule has 0 aliphatic carbocycles. The molecule has 1 aliphatic heterocycles. The Morgan fingerprint density at radius 2 is 2.10 bits per heavy atom. The third kappa shape index (κ3) is 4.49. The molecule has 1 atom stereocenters. The van der Waals surface area contributed by atoms with E-state index in [0.717, 1.165) is 13.1 Å². The van der Waals surface area contributed by atoms with Gasteiger partial charge in [0, 0.05) is 25.8 Å². The predicted molar refractivity (Wildman–Crippen MR) is 86.3 cm³/mol. The number of nitrogens with two attached hydrogens (primary N) is 1. The third-order valence-electron chi connectivity index (χ3n) is 4.12. The quantitative estimate of drug-likeness (QED) is 0.842. The van der Waals surface area contributed by atoms with E-state index in [1.807, 2.05) is 17.7 Å². The van der Waals surface area contributed by atoms with Crippen molar-refractivity contribution >= 4 is 11.6 Å². The van der Waals surface area contributed by atoms with Gasteiger partial charge in [-0.2, -0.15) is 0 Å². The van der Waals surface area contributed by atoms with E-state index < -0.39 is 0 Å². The Hall–Kier alpha value is -1.49. The Bertz CT molecular complexity index is 463. The first-order valence-electron chi connectivity index (χ1n) is 8.06. The minimum Gasteiger partial charge on any atom is -0.397 e. The van der Waals surface area contributed by atoms with Crippen molar-refractivity contribution < 1.29 is 4.79 Å². The van der Waals surface area contributed by atoms with Crippen LogP contribution in [0.3, 0.4) is 0 Å². The lowest BCUT2D eigenvalue weighted by molar-refractivity contribution is 0.0933. The van der Waals surface area contributed by atoms with E-state index in [1.165, 1.54) is 32.4 Å². The van der Waals surface area contributed by atoms with Gasteiger partial charge in [0.05, 0.1) is 5.69 Å². The summed E-state index contributed by atoms with van der Waals surface area (Å²) in [6, 6.07) is 1.74. The second kappa shape index (κ2) is 7.50. The number of aromatic nitrogens is 1. The van der Waals surface area contributed by atoms with Gasteiger partial charge in [-0.1, -0.05) is 13.3 Å². The average Bonchev–Trinajstić information content (AvgIpc) is 2.87. The van der Waals surface area contributed by atoms with E-state index in [0.29, 0.717) is 23.8 Å². The van der Waals surface area contributed by atoms with Gasteiger partial charge in [0.25, 0.3) is 5.91 Å². The van der Waals surface area contributed by atoms with Crippen LogP contribution < -0.4 is 11.1 Å². The van der Waals surface area contributed by atoms with Crippen LogP contribution in [0.2, 0.25) is 0 Å². The Morgan fingerprint density at radius 1 is 1.38 bits per heavy atom. The van der Waals surface area contributed by atoms with Crippen LogP contribution in [0.25, 0.3) is 0 Å². The lowest BCUT2D eigenvalue weighted by atomic mass is 10.1. The molecule has 1 amide bonds. The van der Waals surface area contributed by atoms with Crippen molar-refractivity contribution in [2.45, 2.75) is 39.7 Å². The Labute approximate surface area is 127 Å². The molecule has 5 heteroatoms. The smallest absolute Gasteiger partial charge is 0.267 e. The Balaban J connectivity index is 1.79. The minimum absolute atomic E-state index is 0.0287. The Morgan fingerprint density at radius 3 is 2.76 bits per heavy atom. The SMILES string of the molecule is CCn1cc(N)cc1C(=O)NCC(C)CN1CCCCC1. The highest BCUT2D eigenvalue weighted by atomic mass is 16.1.